The van der Waals surface area contributed by atoms with Gasteiger partial charge in [0.1, 0.15) is 0 Å². The van der Waals surface area contributed by atoms with Gasteiger partial charge in [-0.15, -0.1) is 0 Å². The molecule has 2 N–H and O–H groups in total. The van der Waals surface area contributed by atoms with Crippen LogP contribution in [0.2, 0.25) is 0 Å². The van der Waals surface area contributed by atoms with Gasteiger partial charge in [0.25, 0.3) is 0 Å². The number of rotatable bonds is 3. The summed E-state index contributed by atoms with van der Waals surface area (Å²) < 4.78 is 0. The normalized spacial score (nSPS) is 10.7. The molecule has 1 rings (SSSR count). The van der Waals surface area contributed by atoms with Crippen LogP contribution in [0, 0.1) is 13.8 Å². The predicted octanol–water partition coefficient (Wildman–Crippen LogP) is 2.19. The summed E-state index contributed by atoms with van der Waals surface area (Å²) >= 11 is 0. The Morgan fingerprint density at radius 1 is 1.43 bits per heavy atom. The monoisotopic (exact) mass is 189 g/mol. The summed E-state index contributed by atoms with van der Waals surface area (Å²) in [6, 6.07) is 6.23. The van der Waals surface area contributed by atoms with E-state index in [1.807, 2.05) is 19.9 Å². The molecule has 0 saturated carbocycles. The third-order valence-electron chi connectivity index (χ3n) is 2.05. The molecule has 0 atom stereocenters. The van der Waals surface area contributed by atoms with Gasteiger partial charge in [-0.3, -0.25) is 4.79 Å². The lowest BCUT2D eigenvalue weighted by molar-refractivity contribution is -0.117. The van der Waals surface area contributed by atoms with Crippen molar-refractivity contribution in [1.29, 1.82) is 0 Å². The molecule has 0 aliphatic rings. The molecule has 0 radical (unpaired) electrons. The molecule has 0 bridgehead atoms. The van der Waals surface area contributed by atoms with E-state index < -0.39 is 0 Å². The highest BCUT2D eigenvalue weighted by atomic mass is 16.1. The van der Waals surface area contributed by atoms with E-state index in [4.69, 9.17) is 5.73 Å². The summed E-state index contributed by atoms with van der Waals surface area (Å²) in [7, 11) is 0. The first kappa shape index (κ1) is 10.5. The third kappa shape index (κ3) is 3.05. The maximum absolute atomic E-state index is 10.5. The molecule has 14 heavy (non-hydrogen) atoms. The van der Waals surface area contributed by atoms with Gasteiger partial charge in [-0.1, -0.05) is 35.9 Å². The minimum Gasteiger partial charge on any atom is -0.369 e. The van der Waals surface area contributed by atoms with Gasteiger partial charge >= 0.3 is 0 Å². The van der Waals surface area contributed by atoms with Gasteiger partial charge in [-0.05, 0) is 25.0 Å². The number of primary amides is 1. The number of benzene rings is 1. The number of hydrogen-bond acceptors (Lipinski definition) is 1. The van der Waals surface area contributed by atoms with Gasteiger partial charge in [0.2, 0.25) is 5.91 Å². The Morgan fingerprint density at radius 2 is 2.14 bits per heavy atom. The molecule has 1 aromatic carbocycles. The lowest BCUT2D eigenvalue weighted by Gasteiger charge is -2.01. The molecule has 1 aromatic rings. The number of nitrogens with two attached hydrogens (primary N) is 1. The number of carbonyl (C=O) groups is 1. The highest BCUT2D eigenvalue weighted by Crippen LogP contribution is 2.12. The molecule has 0 saturated heterocycles. The summed E-state index contributed by atoms with van der Waals surface area (Å²) in [5.41, 5.74) is 8.60. The summed E-state index contributed by atoms with van der Waals surface area (Å²) in [6.07, 6.45) is 4.03. The lowest BCUT2D eigenvalue weighted by Crippen LogP contribution is -2.07. The number of amides is 1. The second-order valence-electron chi connectivity index (χ2n) is 3.43. The molecule has 0 aliphatic carbocycles. The first-order valence-corrected chi connectivity index (χ1v) is 4.61. The van der Waals surface area contributed by atoms with Crippen molar-refractivity contribution in [2.45, 2.75) is 20.3 Å². The average molecular weight is 189 g/mol. The Morgan fingerprint density at radius 3 is 2.79 bits per heavy atom. The van der Waals surface area contributed by atoms with Gasteiger partial charge in [0, 0.05) is 6.42 Å². The van der Waals surface area contributed by atoms with Crippen molar-refractivity contribution in [3.05, 3.63) is 41.0 Å². The Kier molecular flexibility index (Phi) is 3.46. The molecule has 0 heterocycles. The SMILES string of the molecule is Cc1ccc(C)c(C=CCC(N)=O)c1. The van der Waals surface area contributed by atoms with Crippen LogP contribution in [0.3, 0.4) is 0 Å². The highest BCUT2D eigenvalue weighted by molar-refractivity contribution is 5.76. The predicted molar refractivity (Wildman–Crippen MR) is 58.8 cm³/mol. The fraction of sp³-hybridized carbons (Fsp3) is 0.250. The summed E-state index contributed by atoms with van der Waals surface area (Å²) in [6.45, 7) is 4.09. The van der Waals surface area contributed by atoms with E-state index in [0.717, 1.165) is 5.56 Å². The fourth-order valence-corrected chi connectivity index (χ4v) is 1.24. The number of carbonyl (C=O) groups excluding carboxylic acids is 1. The van der Waals surface area contributed by atoms with E-state index in [1.165, 1.54) is 11.1 Å². The van der Waals surface area contributed by atoms with E-state index in [0.29, 0.717) is 6.42 Å². The van der Waals surface area contributed by atoms with E-state index in [2.05, 4.69) is 18.2 Å². The number of aryl methyl sites for hydroxylation is 2. The van der Waals surface area contributed by atoms with Gasteiger partial charge in [0.15, 0.2) is 0 Å². The molecule has 2 nitrogen and oxygen atoms in total. The smallest absolute Gasteiger partial charge is 0.221 e. The Balaban J connectivity index is 2.80. The van der Waals surface area contributed by atoms with Gasteiger partial charge < -0.3 is 5.73 Å². The van der Waals surface area contributed by atoms with Crippen LogP contribution in [0.5, 0.6) is 0 Å². The average Bonchev–Trinajstić information content (AvgIpc) is 2.10. The van der Waals surface area contributed by atoms with E-state index in [-0.39, 0.29) is 5.91 Å². The van der Waals surface area contributed by atoms with E-state index in [9.17, 15) is 4.79 Å². The van der Waals surface area contributed by atoms with Crippen LogP contribution < -0.4 is 5.73 Å². The molecule has 2 heteroatoms. The van der Waals surface area contributed by atoms with Crippen LogP contribution in [0.4, 0.5) is 0 Å². The van der Waals surface area contributed by atoms with Crippen LogP contribution >= 0.6 is 0 Å². The van der Waals surface area contributed by atoms with E-state index >= 15 is 0 Å². The maximum Gasteiger partial charge on any atom is 0.221 e. The molecule has 1 amide bonds. The van der Waals surface area contributed by atoms with Crippen molar-refractivity contribution in [2.24, 2.45) is 5.73 Å². The quantitative estimate of drug-likeness (QED) is 0.778. The van der Waals surface area contributed by atoms with Crippen molar-refractivity contribution in [3.8, 4) is 0 Å². The van der Waals surface area contributed by atoms with Crippen molar-refractivity contribution < 1.29 is 4.79 Å². The zero-order chi connectivity index (χ0) is 10.6. The zero-order valence-electron chi connectivity index (χ0n) is 8.58. The van der Waals surface area contributed by atoms with Crippen LogP contribution in [0.15, 0.2) is 24.3 Å². The molecule has 0 fully saturated rings. The molecule has 0 spiro atoms. The third-order valence-corrected chi connectivity index (χ3v) is 2.05. The topological polar surface area (TPSA) is 43.1 Å². The second-order valence-corrected chi connectivity index (χ2v) is 3.43. The van der Waals surface area contributed by atoms with Crippen LogP contribution in [-0.4, -0.2) is 5.91 Å². The first-order valence-electron chi connectivity index (χ1n) is 4.61. The van der Waals surface area contributed by atoms with Gasteiger partial charge in [-0.2, -0.15) is 0 Å². The van der Waals surface area contributed by atoms with Crippen molar-refractivity contribution >= 4 is 12.0 Å². The van der Waals surface area contributed by atoms with Crippen molar-refractivity contribution in [2.75, 3.05) is 0 Å². The van der Waals surface area contributed by atoms with Crippen LogP contribution in [0.25, 0.3) is 6.08 Å². The Bertz CT molecular complexity index is 367. The highest BCUT2D eigenvalue weighted by Gasteiger charge is 1.94. The van der Waals surface area contributed by atoms with Crippen molar-refractivity contribution in [3.63, 3.8) is 0 Å². The van der Waals surface area contributed by atoms with Crippen LogP contribution in [-0.2, 0) is 4.79 Å². The zero-order valence-corrected chi connectivity index (χ0v) is 8.58. The molecule has 0 unspecified atom stereocenters. The van der Waals surface area contributed by atoms with E-state index in [1.54, 1.807) is 6.08 Å². The maximum atomic E-state index is 10.5. The second kappa shape index (κ2) is 4.61. The fourth-order valence-electron chi connectivity index (χ4n) is 1.24. The Hall–Kier alpha value is -1.57. The largest absolute Gasteiger partial charge is 0.369 e. The molecule has 0 aliphatic heterocycles. The molecule has 0 aromatic heterocycles. The summed E-state index contributed by atoms with van der Waals surface area (Å²) in [5.74, 6) is -0.299. The van der Waals surface area contributed by atoms with Crippen molar-refractivity contribution in [1.82, 2.24) is 0 Å². The van der Waals surface area contributed by atoms with Gasteiger partial charge in [0.05, 0.1) is 0 Å². The van der Waals surface area contributed by atoms with Gasteiger partial charge in [-0.25, -0.2) is 0 Å². The standard InChI is InChI=1S/C12H15NO/c1-9-6-7-10(2)11(8-9)4-3-5-12(13)14/h3-4,6-8H,5H2,1-2H3,(H2,13,14). The summed E-state index contributed by atoms with van der Waals surface area (Å²) in [5, 5.41) is 0. The summed E-state index contributed by atoms with van der Waals surface area (Å²) in [4.78, 5) is 10.5. The molecule has 74 valence electrons. The minimum absolute atomic E-state index is 0.299. The molecular weight excluding hydrogens is 174 g/mol. The first-order chi connectivity index (χ1) is 6.59. The minimum atomic E-state index is -0.299. The van der Waals surface area contributed by atoms with Crippen LogP contribution in [0.1, 0.15) is 23.1 Å². The Labute approximate surface area is 84.4 Å². The number of hydrogen-bond donors (Lipinski definition) is 1. The lowest BCUT2D eigenvalue weighted by atomic mass is 10.1. The molecular formula is C12H15NO.